The second kappa shape index (κ2) is 17.3. The highest BCUT2D eigenvalue weighted by Crippen LogP contribution is 2.64. The number of nitrogens with zero attached hydrogens (tertiary/aromatic N) is 1. The summed E-state index contributed by atoms with van der Waals surface area (Å²) in [7, 11) is 0. The third-order valence-electron chi connectivity index (χ3n) is 19.5. The van der Waals surface area contributed by atoms with Gasteiger partial charge in [0, 0.05) is 12.1 Å². The summed E-state index contributed by atoms with van der Waals surface area (Å²) in [5, 5.41) is 2.89. The third-order valence-corrected chi connectivity index (χ3v) is 19.5. The SMILES string of the molecule is C=C1CCCCN(C2C=CC=CC2)C2CCC(C3C=CC4C(C3)C3C=CC=CC3C3CC4C3C3C=CC(c4ccc(-c5ccc(C6=c7cccc8c7=C(CC6)c6ccccc6-8)cc5)cc4)=CC3)C=C12. The van der Waals surface area contributed by atoms with Gasteiger partial charge in [0.2, 0.25) is 0 Å². The first-order valence-electron chi connectivity index (χ1n) is 27.2. The fourth-order valence-electron chi connectivity index (χ4n) is 16.2. The number of likely N-dealkylation sites (tertiary alicyclic amines) is 1. The first-order valence-corrected chi connectivity index (χ1v) is 27.2. The van der Waals surface area contributed by atoms with Crippen molar-refractivity contribution in [3.05, 3.63) is 221 Å². The van der Waals surface area contributed by atoms with Crippen LogP contribution in [0.4, 0.5) is 0 Å². The molecular formula is C68H67N. The lowest BCUT2D eigenvalue weighted by molar-refractivity contribution is -0.00397. The molecule has 1 aliphatic heterocycles. The zero-order valence-electron chi connectivity index (χ0n) is 40.3. The van der Waals surface area contributed by atoms with Crippen molar-refractivity contribution in [2.24, 2.45) is 59.2 Å². The van der Waals surface area contributed by atoms with E-state index in [-0.39, 0.29) is 0 Å². The van der Waals surface area contributed by atoms with Crippen LogP contribution < -0.4 is 10.4 Å². The van der Waals surface area contributed by atoms with Crippen molar-refractivity contribution < 1.29 is 0 Å². The molecule has 1 heterocycles. The van der Waals surface area contributed by atoms with Gasteiger partial charge in [-0.3, -0.25) is 4.90 Å². The molecule has 3 fully saturated rings. The monoisotopic (exact) mass is 898 g/mol. The van der Waals surface area contributed by atoms with E-state index in [1.165, 1.54) is 123 Å². The van der Waals surface area contributed by atoms with E-state index in [0.717, 1.165) is 49.4 Å². The number of rotatable bonds is 6. The van der Waals surface area contributed by atoms with Crippen molar-refractivity contribution in [3.8, 4) is 22.3 Å². The van der Waals surface area contributed by atoms with E-state index >= 15 is 0 Å². The predicted octanol–water partition coefficient (Wildman–Crippen LogP) is 14.5. The summed E-state index contributed by atoms with van der Waals surface area (Å²) in [6.07, 6.45) is 48.9. The summed E-state index contributed by atoms with van der Waals surface area (Å²) >= 11 is 0. The Morgan fingerprint density at radius 2 is 1.26 bits per heavy atom. The predicted molar refractivity (Wildman–Crippen MR) is 288 cm³/mol. The van der Waals surface area contributed by atoms with Gasteiger partial charge in [-0.05, 0) is 208 Å². The van der Waals surface area contributed by atoms with Crippen molar-refractivity contribution in [2.45, 2.75) is 82.7 Å². The van der Waals surface area contributed by atoms with Crippen LogP contribution in [0.1, 0.15) is 87.3 Å². The van der Waals surface area contributed by atoms with Crippen LogP contribution in [0.15, 0.2) is 194 Å². The van der Waals surface area contributed by atoms with Crippen molar-refractivity contribution in [2.75, 3.05) is 6.54 Å². The van der Waals surface area contributed by atoms with Gasteiger partial charge in [-0.15, -0.1) is 0 Å². The standard InChI is InChI=1S/C68H67N/c1-43-12-9-10-39-69(52-13-3-2-4-14-52)66-38-34-51(40-62(43)66)50-33-35-58-63(41-50)56-17-7-8-18-57(56)64-42-65(58)67(64)49-31-27-47(28-32-49)45-23-21-44(22-24-45)46-25-29-48(30-26-46)53-36-37-61-55-16-6-5-15-54(55)60-20-11-19-59(53)68(60)61/h2-8,11,13,15-31,33,35,40,49-52,56-58,63-67H,1,9-10,12,14,32,34,36-39,41-42H2. The maximum absolute atomic E-state index is 4.75. The largest absolute Gasteiger partial charge is 0.290 e. The van der Waals surface area contributed by atoms with Gasteiger partial charge in [0.1, 0.15) is 0 Å². The molecule has 1 nitrogen and oxygen atoms in total. The molecule has 0 aromatic heterocycles. The maximum Gasteiger partial charge on any atom is 0.0353 e. The number of hydrogen-bond donors (Lipinski definition) is 0. The van der Waals surface area contributed by atoms with Crippen LogP contribution >= 0.6 is 0 Å². The molecule has 0 N–H and O–H groups in total. The fraction of sp³-hybridized carbons (Fsp3) is 0.353. The number of allylic oxidation sites excluding steroid dienone is 13. The van der Waals surface area contributed by atoms with E-state index in [4.69, 9.17) is 6.58 Å². The van der Waals surface area contributed by atoms with Crippen LogP contribution in [0.3, 0.4) is 0 Å². The normalized spacial score (nSPS) is 33.7. The molecule has 14 rings (SSSR count). The van der Waals surface area contributed by atoms with E-state index in [9.17, 15) is 0 Å². The molecule has 12 atom stereocenters. The molecule has 1 saturated heterocycles. The lowest BCUT2D eigenvalue weighted by Gasteiger charge is -2.52. The average Bonchev–Trinajstić information content (AvgIpc) is 3.58. The molecule has 0 amide bonds. The molecule has 2 bridgehead atoms. The smallest absolute Gasteiger partial charge is 0.0353 e. The van der Waals surface area contributed by atoms with Gasteiger partial charge in [0.15, 0.2) is 0 Å². The van der Waals surface area contributed by atoms with Crippen LogP contribution in [0.2, 0.25) is 0 Å². The van der Waals surface area contributed by atoms with Crippen LogP contribution in [0, 0.1) is 59.2 Å². The molecule has 2 saturated carbocycles. The Hall–Kier alpha value is -5.76. The Labute approximate surface area is 411 Å². The minimum atomic E-state index is 0.526. The zero-order chi connectivity index (χ0) is 45.6. The zero-order valence-corrected chi connectivity index (χ0v) is 40.3. The Bertz CT molecular complexity index is 3100. The number of fused-ring (bicyclic) bond motifs is 11. The highest BCUT2D eigenvalue weighted by molar-refractivity contribution is 5.92. The molecule has 9 aliphatic carbocycles. The topological polar surface area (TPSA) is 3.24 Å². The maximum atomic E-state index is 4.75. The van der Waals surface area contributed by atoms with Gasteiger partial charge in [0.25, 0.3) is 0 Å². The summed E-state index contributed by atoms with van der Waals surface area (Å²) < 4.78 is 0. The molecule has 12 unspecified atom stereocenters. The first kappa shape index (κ1) is 42.1. The second-order valence-electron chi connectivity index (χ2n) is 22.7. The van der Waals surface area contributed by atoms with Gasteiger partial charge in [-0.1, -0.05) is 188 Å². The Morgan fingerprint density at radius 3 is 2.06 bits per heavy atom. The summed E-state index contributed by atoms with van der Waals surface area (Å²) in [5.41, 5.74) is 16.9. The van der Waals surface area contributed by atoms with E-state index in [1.54, 1.807) is 5.57 Å². The molecule has 344 valence electrons. The average molecular weight is 898 g/mol. The summed E-state index contributed by atoms with van der Waals surface area (Å²) in [6.45, 7) is 5.97. The third kappa shape index (κ3) is 7.11. The molecule has 1 heteroatoms. The molecule has 4 aromatic carbocycles. The van der Waals surface area contributed by atoms with Crippen molar-refractivity contribution in [1.29, 1.82) is 0 Å². The summed E-state index contributed by atoms with van der Waals surface area (Å²) in [5.74, 6) is 7.01. The van der Waals surface area contributed by atoms with Crippen LogP contribution in [0.25, 0.3) is 39.0 Å². The van der Waals surface area contributed by atoms with E-state index in [1.807, 2.05) is 0 Å². The van der Waals surface area contributed by atoms with E-state index in [0.29, 0.717) is 47.6 Å². The molecule has 0 spiro atoms. The molecule has 69 heavy (non-hydrogen) atoms. The van der Waals surface area contributed by atoms with Crippen LogP contribution in [0.5, 0.6) is 0 Å². The van der Waals surface area contributed by atoms with E-state index < -0.39 is 0 Å². The van der Waals surface area contributed by atoms with Crippen LogP contribution in [-0.2, 0) is 0 Å². The Balaban J connectivity index is 0.671. The Kier molecular flexibility index (Phi) is 10.6. The van der Waals surface area contributed by atoms with E-state index in [2.05, 4.69) is 181 Å². The van der Waals surface area contributed by atoms with Gasteiger partial charge >= 0.3 is 0 Å². The van der Waals surface area contributed by atoms with Crippen molar-refractivity contribution >= 4 is 16.7 Å². The van der Waals surface area contributed by atoms with Crippen molar-refractivity contribution in [1.82, 2.24) is 4.90 Å². The number of hydrogen-bond acceptors (Lipinski definition) is 1. The molecule has 0 radical (unpaired) electrons. The molecular weight excluding hydrogens is 831 g/mol. The van der Waals surface area contributed by atoms with Gasteiger partial charge in [-0.2, -0.15) is 0 Å². The van der Waals surface area contributed by atoms with Gasteiger partial charge in [0.05, 0.1) is 0 Å². The summed E-state index contributed by atoms with van der Waals surface area (Å²) in [4.78, 5) is 2.85. The highest BCUT2D eigenvalue weighted by atomic mass is 15.2. The number of benzene rings is 4. The van der Waals surface area contributed by atoms with Crippen LogP contribution in [-0.4, -0.2) is 23.5 Å². The first-order chi connectivity index (χ1) is 34.1. The minimum absolute atomic E-state index is 0.526. The highest BCUT2D eigenvalue weighted by Gasteiger charge is 2.58. The second-order valence-corrected chi connectivity index (χ2v) is 22.7. The quantitative estimate of drug-likeness (QED) is 0.174. The van der Waals surface area contributed by atoms with Crippen molar-refractivity contribution in [3.63, 3.8) is 0 Å². The summed E-state index contributed by atoms with van der Waals surface area (Å²) in [6, 6.07) is 35.7. The Morgan fingerprint density at radius 1 is 0.522 bits per heavy atom. The van der Waals surface area contributed by atoms with Gasteiger partial charge < -0.3 is 0 Å². The fourth-order valence-corrected chi connectivity index (χ4v) is 16.2. The molecule has 10 aliphatic rings. The lowest BCUT2D eigenvalue weighted by Crippen LogP contribution is -2.47. The lowest BCUT2D eigenvalue weighted by atomic mass is 9.52. The van der Waals surface area contributed by atoms with Gasteiger partial charge in [-0.25, -0.2) is 0 Å². The minimum Gasteiger partial charge on any atom is -0.290 e. The molecule has 4 aromatic rings.